The van der Waals surface area contributed by atoms with E-state index in [0.29, 0.717) is 19.2 Å². The van der Waals surface area contributed by atoms with Crippen molar-refractivity contribution in [2.75, 3.05) is 40.3 Å². The molecular weight excluding hydrogens is 252 g/mol. The Kier molecular flexibility index (Phi) is 5.83. The van der Waals surface area contributed by atoms with Gasteiger partial charge in [0.1, 0.15) is 18.5 Å². The Hall–Kier alpha value is -1.10. The number of rotatable bonds is 6. The van der Waals surface area contributed by atoms with E-state index in [1.165, 1.54) is 12.8 Å². The molecule has 1 fully saturated rings. The molecule has 4 heteroatoms. The highest BCUT2D eigenvalue weighted by Gasteiger charge is 2.22. The van der Waals surface area contributed by atoms with Crippen LogP contribution in [0.3, 0.4) is 0 Å². The van der Waals surface area contributed by atoms with Crippen LogP contribution in [0.5, 0.6) is 5.75 Å². The van der Waals surface area contributed by atoms with Crippen LogP contribution in [0, 0.1) is 0 Å². The van der Waals surface area contributed by atoms with Gasteiger partial charge in [-0.3, -0.25) is 0 Å². The van der Waals surface area contributed by atoms with Crippen LogP contribution in [-0.2, 0) is 0 Å². The Bertz CT molecular complexity index is 377. The molecule has 0 amide bonds. The molecule has 0 unspecified atom stereocenters. The number of hydrogen-bond acceptors (Lipinski definition) is 4. The first-order chi connectivity index (χ1) is 9.65. The summed E-state index contributed by atoms with van der Waals surface area (Å²) in [6.07, 6.45) is 1.92. The van der Waals surface area contributed by atoms with Gasteiger partial charge in [-0.05, 0) is 52.2 Å². The Morgan fingerprint density at radius 2 is 1.95 bits per heavy atom. The number of likely N-dealkylation sites (tertiary alicyclic amines) is 1. The van der Waals surface area contributed by atoms with Crippen molar-refractivity contribution in [1.29, 1.82) is 0 Å². The SMILES string of the molecule is CN1CCC(N(C)C[C@@H](O)COc2ccccc2)CC1. The van der Waals surface area contributed by atoms with E-state index in [4.69, 9.17) is 4.74 Å². The smallest absolute Gasteiger partial charge is 0.119 e. The van der Waals surface area contributed by atoms with Gasteiger partial charge in [-0.2, -0.15) is 0 Å². The number of piperidine rings is 1. The van der Waals surface area contributed by atoms with Crippen molar-refractivity contribution < 1.29 is 9.84 Å². The summed E-state index contributed by atoms with van der Waals surface area (Å²) in [5.41, 5.74) is 0. The molecule has 4 nitrogen and oxygen atoms in total. The summed E-state index contributed by atoms with van der Waals surface area (Å²) in [5, 5.41) is 10.1. The van der Waals surface area contributed by atoms with Gasteiger partial charge in [0.15, 0.2) is 0 Å². The molecule has 1 saturated heterocycles. The number of ether oxygens (including phenoxy) is 1. The zero-order valence-electron chi connectivity index (χ0n) is 12.5. The molecule has 112 valence electrons. The highest BCUT2D eigenvalue weighted by Crippen LogP contribution is 2.14. The van der Waals surface area contributed by atoms with Gasteiger partial charge >= 0.3 is 0 Å². The van der Waals surface area contributed by atoms with E-state index in [0.717, 1.165) is 18.8 Å². The lowest BCUT2D eigenvalue weighted by Crippen LogP contribution is -2.45. The Morgan fingerprint density at radius 1 is 1.30 bits per heavy atom. The van der Waals surface area contributed by atoms with Gasteiger partial charge in [0.2, 0.25) is 0 Å². The van der Waals surface area contributed by atoms with Crippen LogP contribution >= 0.6 is 0 Å². The van der Waals surface area contributed by atoms with Crippen molar-refractivity contribution in [2.45, 2.75) is 25.0 Å². The van der Waals surface area contributed by atoms with Crippen LogP contribution in [0.25, 0.3) is 0 Å². The molecule has 20 heavy (non-hydrogen) atoms. The van der Waals surface area contributed by atoms with E-state index in [1.807, 2.05) is 30.3 Å². The maximum atomic E-state index is 10.1. The fraction of sp³-hybridized carbons (Fsp3) is 0.625. The molecule has 0 spiro atoms. The molecule has 1 aliphatic heterocycles. The fourth-order valence-corrected chi connectivity index (χ4v) is 2.68. The van der Waals surface area contributed by atoms with Crippen molar-refractivity contribution in [3.63, 3.8) is 0 Å². The Labute approximate surface area is 122 Å². The van der Waals surface area contributed by atoms with E-state index in [2.05, 4.69) is 23.9 Å². The van der Waals surface area contributed by atoms with Crippen molar-refractivity contribution in [1.82, 2.24) is 9.80 Å². The number of aliphatic hydroxyl groups excluding tert-OH is 1. The average molecular weight is 278 g/mol. The first-order valence-corrected chi connectivity index (χ1v) is 7.40. The van der Waals surface area contributed by atoms with Gasteiger partial charge in [0, 0.05) is 12.6 Å². The summed E-state index contributed by atoms with van der Waals surface area (Å²) >= 11 is 0. The third kappa shape index (κ3) is 4.78. The maximum absolute atomic E-state index is 10.1. The summed E-state index contributed by atoms with van der Waals surface area (Å²) in [4.78, 5) is 4.63. The first-order valence-electron chi connectivity index (χ1n) is 7.40. The summed E-state index contributed by atoms with van der Waals surface area (Å²) in [7, 11) is 4.26. The molecule has 1 atom stereocenters. The van der Waals surface area contributed by atoms with Gasteiger partial charge in [0.05, 0.1) is 0 Å². The second-order valence-corrected chi connectivity index (χ2v) is 5.75. The molecule has 0 saturated carbocycles. The topological polar surface area (TPSA) is 35.9 Å². The summed E-state index contributed by atoms with van der Waals surface area (Å²) in [5.74, 6) is 0.813. The minimum Gasteiger partial charge on any atom is -0.491 e. The second kappa shape index (κ2) is 7.62. The highest BCUT2D eigenvalue weighted by molar-refractivity contribution is 5.20. The predicted octanol–water partition coefficient (Wildman–Crippen LogP) is 1.45. The van der Waals surface area contributed by atoms with Crippen LogP contribution < -0.4 is 4.74 Å². The molecule has 0 radical (unpaired) electrons. The van der Waals surface area contributed by atoms with Crippen LogP contribution in [0.2, 0.25) is 0 Å². The van der Waals surface area contributed by atoms with E-state index in [1.54, 1.807) is 0 Å². The van der Waals surface area contributed by atoms with Crippen LogP contribution in [0.15, 0.2) is 30.3 Å². The summed E-state index contributed by atoms with van der Waals surface area (Å²) in [6.45, 7) is 3.30. The largest absolute Gasteiger partial charge is 0.491 e. The maximum Gasteiger partial charge on any atom is 0.119 e. The minimum atomic E-state index is -0.445. The highest BCUT2D eigenvalue weighted by atomic mass is 16.5. The monoisotopic (exact) mass is 278 g/mol. The quantitative estimate of drug-likeness (QED) is 0.854. The molecule has 1 heterocycles. The second-order valence-electron chi connectivity index (χ2n) is 5.75. The van der Waals surface area contributed by atoms with Gasteiger partial charge in [-0.25, -0.2) is 0 Å². The number of nitrogens with zero attached hydrogens (tertiary/aromatic N) is 2. The Balaban J connectivity index is 1.69. The van der Waals surface area contributed by atoms with Gasteiger partial charge < -0.3 is 19.6 Å². The summed E-state index contributed by atoms with van der Waals surface area (Å²) < 4.78 is 5.59. The van der Waals surface area contributed by atoms with Crippen LogP contribution in [-0.4, -0.2) is 67.4 Å². The standard InChI is InChI=1S/C16H26N2O2/c1-17-10-8-14(9-11-17)18(2)12-15(19)13-20-16-6-4-3-5-7-16/h3-7,14-15,19H,8-13H2,1-2H3/t15-/m1/s1. The van der Waals surface area contributed by atoms with E-state index >= 15 is 0 Å². The van der Waals surface area contributed by atoms with E-state index < -0.39 is 6.10 Å². The molecular formula is C16H26N2O2. The fourth-order valence-electron chi connectivity index (χ4n) is 2.68. The van der Waals surface area contributed by atoms with E-state index in [-0.39, 0.29) is 0 Å². The van der Waals surface area contributed by atoms with Crippen LogP contribution in [0.4, 0.5) is 0 Å². The zero-order chi connectivity index (χ0) is 14.4. The van der Waals surface area contributed by atoms with Gasteiger partial charge in [-0.15, -0.1) is 0 Å². The van der Waals surface area contributed by atoms with Gasteiger partial charge in [-0.1, -0.05) is 18.2 Å². The molecule has 1 aromatic carbocycles. The number of aliphatic hydroxyl groups is 1. The number of benzene rings is 1. The summed E-state index contributed by atoms with van der Waals surface area (Å²) in [6, 6.07) is 10.2. The molecule has 2 rings (SSSR count). The van der Waals surface area contributed by atoms with Crippen molar-refractivity contribution in [2.24, 2.45) is 0 Å². The minimum absolute atomic E-state index is 0.348. The predicted molar refractivity (Wildman–Crippen MR) is 81.1 cm³/mol. The Morgan fingerprint density at radius 3 is 2.60 bits per heavy atom. The average Bonchev–Trinajstić information content (AvgIpc) is 2.47. The van der Waals surface area contributed by atoms with Crippen molar-refractivity contribution in [3.05, 3.63) is 30.3 Å². The molecule has 1 aliphatic rings. The van der Waals surface area contributed by atoms with Gasteiger partial charge in [0.25, 0.3) is 0 Å². The normalized spacial score (nSPS) is 19.2. The lowest BCUT2D eigenvalue weighted by molar-refractivity contribution is 0.0498. The molecule has 1 aromatic rings. The van der Waals surface area contributed by atoms with E-state index in [9.17, 15) is 5.11 Å². The van der Waals surface area contributed by atoms with Crippen molar-refractivity contribution in [3.8, 4) is 5.75 Å². The van der Waals surface area contributed by atoms with Crippen LogP contribution in [0.1, 0.15) is 12.8 Å². The first kappa shape index (κ1) is 15.3. The molecule has 1 N–H and O–H groups in total. The lowest BCUT2D eigenvalue weighted by atomic mass is 10.0. The number of hydrogen-bond donors (Lipinski definition) is 1. The molecule has 0 bridgehead atoms. The zero-order valence-corrected chi connectivity index (χ0v) is 12.5. The van der Waals surface area contributed by atoms with Crippen molar-refractivity contribution >= 4 is 0 Å². The number of para-hydroxylation sites is 1. The third-order valence-corrected chi connectivity index (χ3v) is 4.00. The third-order valence-electron chi connectivity index (χ3n) is 4.00. The number of likely N-dealkylation sites (N-methyl/N-ethyl adjacent to an activating group) is 1. The molecule has 0 aromatic heterocycles. The molecule has 0 aliphatic carbocycles. The lowest BCUT2D eigenvalue weighted by Gasteiger charge is -2.35.